The third-order valence-electron chi connectivity index (χ3n) is 2.56. The molecule has 2 rings (SSSR count). The molecule has 2 nitrogen and oxygen atoms in total. The predicted octanol–water partition coefficient (Wildman–Crippen LogP) is 2.85. The summed E-state index contributed by atoms with van der Waals surface area (Å²) in [6, 6.07) is 3.83. The zero-order valence-corrected chi connectivity index (χ0v) is 8.69. The average molecular weight is 208 g/mol. The molecule has 0 atom stereocenters. The summed E-state index contributed by atoms with van der Waals surface area (Å²) < 4.78 is 5.49. The molecule has 1 heterocycles. The van der Waals surface area contributed by atoms with E-state index in [4.69, 9.17) is 21.6 Å². The van der Waals surface area contributed by atoms with Crippen LogP contribution < -0.4 is 4.74 Å². The van der Waals surface area contributed by atoms with Crippen molar-refractivity contribution < 1.29 is 4.74 Å². The minimum Gasteiger partial charge on any atom is -0.492 e. The van der Waals surface area contributed by atoms with Crippen molar-refractivity contribution in [3.63, 3.8) is 0 Å². The predicted molar refractivity (Wildman–Crippen MR) is 54.7 cm³/mol. The number of nitriles is 1. The molecule has 0 unspecified atom stereocenters. The normalized spacial score (nSPS) is 14.1. The summed E-state index contributed by atoms with van der Waals surface area (Å²) in [5.74, 6) is 0.773. The Bertz CT molecular complexity index is 417. The van der Waals surface area contributed by atoms with Crippen molar-refractivity contribution in [1.29, 1.82) is 5.26 Å². The second-order valence-corrected chi connectivity index (χ2v) is 3.81. The highest BCUT2D eigenvalue weighted by molar-refractivity contribution is 6.32. The topological polar surface area (TPSA) is 33.0 Å². The van der Waals surface area contributed by atoms with Gasteiger partial charge in [0.15, 0.2) is 0 Å². The van der Waals surface area contributed by atoms with E-state index in [1.807, 2.05) is 6.92 Å². The maximum atomic E-state index is 8.89. The van der Waals surface area contributed by atoms with Crippen molar-refractivity contribution in [2.24, 2.45) is 0 Å². The van der Waals surface area contributed by atoms with Crippen LogP contribution in [0.5, 0.6) is 5.75 Å². The first-order valence-electron chi connectivity index (χ1n) is 4.59. The standard InChI is InChI=1S/C11H10ClNO/c1-7-8(6-13)5-10(12)11-9(7)3-2-4-14-11/h5H,2-4H2,1H3. The third-order valence-corrected chi connectivity index (χ3v) is 2.84. The monoisotopic (exact) mass is 207 g/mol. The zero-order valence-electron chi connectivity index (χ0n) is 7.93. The number of hydrogen-bond donors (Lipinski definition) is 0. The number of ether oxygens (including phenoxy) is 1. The molecule has 0 bridgehead atoms. The van der Waals surface area contributed by atoms with Crippen molar-refractivity contribution in [1.82, 2.24) is 0 Å². The van der Waals surface area contributed by atoms with Gasteiger partial charge in [-0.15, -0.1) is 0 Å². The SMILES string of the molecule is Cc1c(C#N)cc(Cl)c2c1CCCO2. The van der Waals surface area contributed by atoms with Crippen LogP contribution in [0.1, 0.15) is 23.1 Å². The molecule has 3 heteroatoms. The highest BCUT2D eigenvalue weighted by atomic mass is 35.5. The minimum atomic E-state index is 0.557. The molecule has 72 valence electrons. The molecular weight excluding hydrogens is 198 g/mol. The summed E-state index contributed by atoms with van der Waals surface area (Å²) >= 11 is 6.02. The summed E-state index contributed by atoms with van der Waals surface area (Å²) in [7, 11) is 0. The van der Waals surface area contributed by atoms with Gasteiger partial charge in [0.25, 0.3) is 0 Å². The Morgan fingerprint density at radius 2 is 2.36 bits per heavy atom. The molecule has 1 aliphatic rings. The van der Waals surface area contributed by atoms with Crippen molar-refractivity contribution in [2.45, 2.75) is 19.8 Å². The highest BCUT2D eigenvalue weighted by Crippen LogP contribution is 2.36. The second-order valence-electron chi connectivity index (χ2n) is 3.40. The van der Waals surface area contributed by atoms with Gasteiger partial charge in [0.1, 0.15) is 5.75 Å². The zero-order chi connectivity index (χ0) is 10.1. The molecule has 0 N–H and O–H groups in total. The van der Waals surface area contributed by atoms with E-state index in [0.29, 0.717) is 10.6 Å². The fraction of sp³-hybridized carbons (Fsp3) is 0.364. The molecule has 0 aromatic heterocycles. The van der Waals surface area contributed by atoms with Crippen molar-refractivity contribution in [3.05, 3.63) is 27.8 Å². The Hall–Kier alpha value is -1.20. The van der Waals surface area contributed by atoms with Crippen molar-refractivity contribution in [3.8, 4) is 11.8 Å². The Morgan fingerprint density at radius 3 is 3.07 bits per heavy atom. The van der Waals surface area contributed by atoms with Gasteiger partial charge in [0.2, 0.25) is 0 Å². The summed E-state index contributed by atoms with van der Waals surface area (Å²) in [6.45, 7) is 2.67. The van der Waals surface area contributed by atoms with Crippen LogP contribution in [0.25, 0.3) is 0 Å². The summed E-state index contributed by atoms with van der Waals surface area (Å²) in [4.78, 5) is 0. The lowest BCUT2D eigenvalue weighted by Crippen LogP contribution is -2.11. The molecule has 0 radical (unpaired) electrons. The minimum absolute atomic E-state index is 0.557. The van der Waals surface area contributed by atoms with Crippen LogP contribution in [0.3, 0.4) is 0 Å². The Balaban J connectivity index is 2.66. The third kappa shape index (κ3) is 1.34. The van der Waals surface area contributed by atoms with Crippen LogP contribution in [-0.2, 0) is 6.42 Å². The van der Waals surface area contributed by atoms with E-state index in [1.165, 1.54) is 0 Å². The highest BCUT2D eigenvalue weighted by Gasteiger charge is 2.18. The first kappa shape index (κ1) is 9.36. The molecule has 0 amide bonds. The maximum Gasteiger partial charge on any atom is 0.141 e. The van der Waals surface area contributed by atoms with E-state index in [1.54, 1.807) is 6.07 Å². The van der Waals surface area contributed by atoms with Crippen LogP contribution in [0.15, 0.2) is 6.07 Å². The first-order valence-corrected chi connectivity index (χ1v) is 4.96. The van der Waals surface area contributed by atoms with Crippen LogP contribution in [0.2, 0.25) is 5.02 Å². The average Bonchev–Trinajstić information content (AvgIpc) is 2.23. The van der Waals surface area contributed by atoms with Gasteiger partial charge >= 0.3 is 0 Å². The van der Waals surface area contributed by atoms with Gasteiger partial charge in [-0.1, -0.05) is 11.6 Å². The number of rotatable bonds is 0. The maximum absolute atomic E-state index is 8.89. The van der Waals surface area contributed by atoms with E-state index >= 15 is 0 Å². The van der Waals surface area contributed by atoms with E-state index in [9.17, 15) is 0 Å². The van der Waals surface area contributed by atoms with Crippen LogP contribution in [0, 0.1) is 18.3 Å². The fourth-order valence-corrected chi connectivity index (χ4v) is 2.05. The Labute approximate surface area is 88.1 Å². The molecule has 0 fully saturated rings. The number of nitrogens with zero attached hydrogens (tertiary/aromatic N) is 1. The largest absolute Gasteiger partial charge is 0.492 e. The van der Waals surface area contributed by atoms with E-state index in [2.05, 4.69) is 6.07 Å². The first-order chi connectivity index (χ1) is 6.74. The number of halogens is 1. The van der Waals surface area contributed by atoms with Gasteiger partial charge in [0, 0.05) is 5.56 Å². The van der Waals surface area contributed by atoms with Crippen molar-refractivity contribution in [2.75, 3.05) is 6.61 Å². The molecule has 1 aliphatic heterocycles. The van der Waals surface area contributed by atoms with Gasteiger partial charge in [0.05, 0.1) is 23.3 Å². The quantitative estimate of drug-likeness (QED) is 0.656. The second kappa shape index (κ2) is 3.51. The van der Waals surface area contributed by atoms with Crippen LogP contribution in [-0.4, -0.2) is 6.61 Å². The Morgan fingerprint density at radius 1 is 1.57 bits per heavy atom. The molecule has 14 heavy (non-hydrogen) atoms. The smallest absolute Gasteiger partial charge is 0.141 e. The summed E-state index contributed by atoms with van der Waals surface area (Å²) in [5.41, 5.74) is 2.76. The number of hydrogen-bond acceptors (Lipinski definition) is 2. The molecule has 0 spiro atoms. The van der Waals surface area contributed by atoms with Crippen LogP contribution >= 0.6 is 11.6 Å². The van der Waals surface area contributed by atoms with E-state index in [0.717, 1.165) is 36.3 Å². The molecule has 1 aromatic rings. The van der Waals surface area contributed by atoms with Gasteiger partial charge in [-0.2, -0.15) is 5.26 Å². The van der Waals surface area contributed by atoms with E-state index in [-0.39, 0.29) is 0 Å². The molecule has 0 aliphatic carbocycles. The molecule has 0 saturated heterocycles. The van der Waals surface area contributed by atoms with Gasteiger partial charge in [-0.05, 0) is 31.4 Å². The molecule has 1 aromatic carbocycles. The lowest BCUT2D eigenvalue weighted by molar-refractivity contribution is 0.288. The molecular formula is C11H10ClNO. The van der Waals surface area contributed by atoms with Gasteiger partial charge in [-0.25, -0.2) is 0 Å². The van der Waals surface area contributed by atoms with Gasteiger partial charge in [-0.3, -0.25) is 0 Å². The lowest BCUT2D eigenvalue weighted by Gasteiger charge is -2.20. The summed E-state index contributed by atoms with van der Waals surface area (Å²) in [5, 5.41) is 9.45. The summed E-state index contributed by atoms with van der Waals surface area (Å²) in [6.07, 6.45) is 1.95. The van der Waals surface area contributed by atoms with E-state index < -0.39 is 0 Å². The number of benzene rings is 1. The van der Waals surface area contributed by atoms with Crippen LogP contribution in [0.4, 0.5) is 0 Å². The molecule has 0 saturated carbocycles. The Kier molecular flexibility index (Phi) is 2.35. The number of fused-ring (bicyclic) bond motifs is 1. The fourth-order valence-electron chi connectivity index (χ4n) is 1.77. The van der Waals surface area contributed by atoms with Crippen molar-refractivity contribution >= 4 is 11.6 Å². The van der Waals surface area contributed by atoms with Gasteiger partial charge < -0.3 is 4.74 Å². The lowest BCUT2D eigenvalue weighted by atomic mass is 9.97.